The Labute approximate surface area is 173 Å². The molecule has 1 amide bonds. The number of hydrogen-bond acceptors (Lipinski definition) is 3. The zero-order valence-corrected chi connectivity index (χ0v) is 18.1. The van der Waals surface area contributed by atoms with E-state index in [1.807, 2.05) is 23.1 Å². The number of amides is 1. The minimum absolute atomic E-state index is 0.168. The standard InChI is InChI=1S/C23H34N4O2/c1-5-17(6-2)22(28)27-13-11-18(12-14-27)26-23(24-4)25-15-21-16(3)19-9-7-8-10-20(19)29-21/h7-10,17-18H,5-6,11-15H2,1-4H3,(H2,24,25,26). The summed E-state index contributed by atoms with van der Waals surface area (Å²) in [5, 5.41) is 8.03. The van der Waals surface area contributed by atoms with Gasteiger partial charge < -0.3 is 20.0 Å². The summed E-state index contributed by atoms with van der Waals surface area (Å²) in [4.78, 5) is 19.0. The van der Waals surface area contributed by atoms with E-state index in [1.165, 1.54) is 0 Å². The topological polar surface area (TPSA) is 69.9 Å². The minimum atomic E-state index is 0.168. The van der Waals surface area contributed by atoms with Gasteiger partial charge in [-0.25, -0.2) is 0 Å². The first-order valence-electron chi connectivity index (χ1n) is 10.8. The number of rotatable bonds is 6. The molecule has 0 saturated carbocycles. The van der Waals surface area contributed by atoms with Crippen molar-refractivity contribution < 1.29 is 9.21 Å². The molecule has 0 atom stereocenters. The number of benzene rings is 1. The number of carbonyl (C=O) groups is 1. The number of piperidine rings is 1. The average Bonchev–Trinajstić information content (AvgIpc) is 3.08. The van der Waals surface area contributed by atoms with E-state index >= 15 is 0 Å². The first-order valence-corrected chi connectivity index (χ1v) is 10.8. The Hall–Kier alpha value is -2.50. The monoisotopic (exact) mass is 398 g/mol. The summed E-state index contributed by atoms with van der Waals surface area (Å²) in [7, 11) is 1.78. The molecule has 2 heterocycles. The van der Waals surface area contributed by atoms with Crippen molar-refractivity contribution in [1.29, 1.82) is 0 Å². The Morgan fingerprint density at radius 3 is 2.55 bits per heavy atom. The third kappa shape index (κ3) is 4.92. The molecule has 0 bridgehead atoms. The molecule has 1 aliphatic heterocycles. The summed E-state index contributed by atoms with van der Waals surface area (Å²) in [5.41, 5.74) is 2.08. The zero-order valence-electron chi connectivity index (χ0n) is 18.1. The van der Waals surface area contributed by atoms with Crippen LogP contribution in [0.5, 0.6) is 0 Å². The first-order chi connectivity index (χ1) is 14.1. The fourth-order valence-electron chi connectivity index (χ4n) is 4.09. The van der Waals surface area contributed by atoms with Gasteiger partial charge in [-0.15, -0.1) is 0 Å². The predicted octanol–water partition coefficient (Wildman–Crippen LogP) is 3.83. The summed E-state index contributed by atoms with van der Waals surface area (Å²) in [6.07, 6.45) is 3.73. The number of para-hydroxylation sites is 1. The van der Waals surface area contributed by atoms with Crippen LogP contribution in [0.15, 0.2) is 33.7 Å². The minimum Gasteiger partial charge on any atom is -0.459 e. The number of carbonyl (C=O) groups excluding carboxylic acids is 1. The van der Waals surface area contributed by atoms with Crippen molar-refractivity contribution in [3.8, 4) is 0 Å². The highest BCUT2D eigenvalue weighted by atomic mass is 16.3. The number of aliphatic imine (C=N–C) groups is 1. The third-order valence-corrected chi connectivity index (χ3v) is 6.06. The molecule has 0 radical (unpaired) electrons. The number of likely N-dealkylation sites (tertiary alicyclic amines) is 1. The van der Waals surface area contributed by atoms with E-state index in [0.29, 0.717) is 18.5 Å². The van der Waals surface area contributed by atoms with Crippen molar-refractivity contribution in [2.75, 3.05) is 20.1 Å². The third-order valence-electron chi connectivity index (χ3n) is 6.06. The van der Waals surface area contributed by atoms with Gasteiger partial charge in [0.15, 0.2) is 5.96 Å². The fourth-order valence-corrected chi connectivity index (χ4v) is 4.09. The molecule has 2 N–H and O–H groups in total. The van der Waals surface area contributed by atoms with Crippen LogP contribution >= 0.6 is 0 Å². The van der Waals surface area contributed by atoms with Gasteiger partial charge in [-0.2, -0.15) is 0 Å². The van der Waals surface area contributed by atoms with E-state index in [0.717, 1.165) is 67.0 Å². The number of fused-ring (bicyclic) bond motifs is 1. The van der Waals surface area contributed by atoms with E-state index in [1.54, 1.807) is 7.05 Å². The van der Waals surface area contributed by atoms with Crippen molar-refractivity contribution in [2.24, 2.45) is 10.9 Å². The van der Waals surface area contributed by atoms with Crippen LogP contribution in [0, 0.1) is 12.8 Å². The molecular weight excluding hydrogens is 364 g/mol. The van der Waals surface area contributed by atoms with Crippen LogP contribution in [0.2, 0.25) is 0 Å². The van der Waals surface area contributed by atoms with Gasteiger partial charge in [0.2, 0.25) is 5.91 Å². The maximum Gasteiger partial charge on any atom is 0.225 e. The SMILES string of the molecule is CCC(CC)C(=O)N1CCC(NC(=NC)NCc2oc3ccccc3c2C)CC1. The Morgan fingerprint density at radius 2 is 1.93 bits per heavy atom. The lowest BCUT2D eigenvalue weighted by Gasteiger charge is -2.34. The summed E-state index contributed by atoms with van der Waals surface area (Å²) in [5.74, 6) is 2.19. The zero-order chi connectivity index (χ0) is 20.8. The van der Waals surface area contributed by atoms with E-state index in [2.05, 4.69) is 42.5 Å². The fraction of sp³-hybridized carbons (Fsp3) is 0.565. The number of nitrogens with one attached hydrogen (secondary N) is 2. The lowest BCUT2D eigenvalue weighted by atomic mass is 9.98. The van der Waals surface area contributed by atoms with E-state index in [-0.39, 0.29) is 5.92 Å². The second kappa shape index (κ2) is 9.81. The Bertz CT molecular complexity index is 846. The summed E-state index contributed by atoms with van der Waals surface area (Å²) < 4.78 is 5.98. The molecule has 3 rings (SSSR count). The number of aryl methyl sites for hydroxylation is 1. The number of hydrogen-bond donors (Lipinski definition) is 2. The van der Waals surface area contributed by atoms with Gasteiger partial charge in [-0.1, -0.05) is 32.0 Å². The normalized spacial score (nSPS) is 15.9. The lowest BCUT2D eigenvalue weighted by Crippen LogP contribution is -2.50. The van der Waals surface area contributed by atoms with Gasteiger partial charge in [-0.05, 0) is 38.7 Å². The molecule has 2 aromatic rings. The van der Waals surface area contributed by atoms with Gasteiger partial charge in [0, 0.05) is 43.0 Å². The van der Waals surface area contributed by atoms with Gasteiger partial charge in [0.25, 0.3) is 0 Å². The van der Waals surface area contributed by atoms with E-state index in [4.69, 9.17) is 4.42 Å². The van der Waals surface area contributed by atoms with Crippen molar-refractivity contribution in [3.63, 3.8) is 0 Å². The molecule has 1 aliphatic rings. The number of nitrogens with zero attached hydrogens (tertiary/aromatic N) is 2. The highest BCUT2D eigenvalue weighted by molar-refractivity contribution is 5.83. The maximum atomic E-state index is 12.6. The maximum absolute atomic E-state index is 12.6. The van der Waals surface area contributed by atoms with Gasteiger partial charge >= 0.3 is 0 Å². The van der Waals surface area contributed by atoms with E-state index in [9.17, 15) is 4.79 Å². The Kier molecular flexibility index (Phi) is 7.18. The summed E-state index contributed by atoms with van der Waals surface area (Å²) in [6, 6.07) is 8.42. The van der Waals surface area contributed by atoms with Gasteiger partial charge in [0.1, 0.15) is 11.3 Å². The Balaban J connectivity index is 1.51. The predicted molar refractivity (Wildman–Crippen MR) is 118 cm³/mol. The molecule has 29 heavy (non-hydrogen) atoms. The molecule has 1 fully saturated rings. The molecule has 6 nitrogen and oxygen atoms in total. The van der Waals surface area contributed by atoms with Gasteiger partial charge in [-0.3, -0.25) is 9.79 Å². The molecular formula is C23H34N4O2. The molecule has 0 spiro atoms. The summed E-state index contributed by atoms with van der Waals surface area (Å²) in [6.45, 7) is 8.50. The Morgan fingerprint density at radius 1 is 1.24 bits per heavy atom. The number of guanidine groups is 1. The molecule has 1 saturated heterocycles. The van der Waals surface area contributed by atoms with Crippen molar-refractivity contribution in [3.05, 3.63) is 35.6 Å². The van der Waals surface area contributed by atoms with Crippen molar-refractivity contribution in [2.45, 2.75) is 59.0 Å². The average molecular weight is 399 g/mol. The molecule has 6 heteroatoms. The molecule has 0 unspecified atom stereocenters. The van der Waals surface area contributed by atoms with Crippen LogP contribution in [-0.2, 0) is 11.3 Å². The molecule has 158 valence electrons. The van der Waals surface area contributed by atoms with Crippen molar-refractivity contribution >= 4 is 22.8 Å². The second-order valence-electron chi connectivity index (χ2n) is 7.83. The van der Waals surface area contributed by atoms with Crippen LogP contribution in [0.1, 0.15) is 50.9 Å². The molecule has 0 aliphatic carbocycles. The van der Waals surface area contributed by atoms with Gasteiger partial charge in [0.05, 0.1) is 6.54 Å². The highest BCUT2D eigenvalue weighted by Crippen LogP contribution is 2.24. The van der Waals surface area contributed by atoms with Crippen LogP contribution in [-0.4, -0.2) is 42.9 Å². The van der Waals surface area contributed by atoms with Crippen LogP contribution in [0.3, 0.4) is 0 Å². The van der Waals surface area contributed by atoms with E-state index < -0.39 is 0 Å². The first kappa shape index (κ1) is 21.2. The van der Waals surface area contributed by atoms with Crippen LogP contribution < -0.4 is 10.6 Å². The lowest BCUT2D eigenvalue weighted by molar-refractivity contribution is -0.136. The molecule has 1 aromatic carbocycles. The van der Waals surface area contributed by atoms with Crippen LogP contribution in [0.25, 0.3) is 11.0 Å². The van der Waals surface area contributed by atoms with Crippen LogP contribution in [0.4, 0.5) is 0 Å². The highest BCUT2D eigenvalue weighted by Gasteiger charge is 2.26. The molecule has 1 aromatic heterocycles. The largest absolute Gasteiger partial charge is 0.459 e. The summed E-state index contributed by atoms with van der Waals surface area (Å²) >= 11 is 0. The van der Waals surface area contributed by atoms with Crippen molar-refractivity contribution in [1.82, 2.24) is 15.5 Å². The second-order valence-corrected chi connectivity index (χ2v) is 7.83. The number of furan rings is 1. The smallest absolute Gasteiger partial charge is 0.225 e. The quantitative estimate of drug-likeness (QED) is 0.573.